The Morgan fingerprint density at radius 1 is 1.17 bits per heavy atom. The molecule has 0 aliphatic carbocycles. The van der Waals surface area contributed by atoms with Crippen molar-refractivity contribution in [1.82, 2.24) is 9.78 Å². The maximum atomic E-state index is 6.08. The van der Waals surface area contributed by atoms with Gasteiger partial charge in [-0.1, -0.05) is 19.6 Å². The highest BCUT2D eigenvalue weighted by molar-refractivity contribution is 6.76. The van der Waals surface area contributed by atoms with E-state index >= 15 is 0 Å². The summed E-state index contributed by atoms with van der Waals surface area (Å²) in [4.78, 5) is 0. The number of hydrogen-bond donors (Lipinski definition) is 0. The number of rotatable bonds is 6. The summed E-state index contributed by atoms with van der Waals surface area (Å²) in [5, 5.41) is 4.61. The minimum Gasteiger partial charge on any atom is -0.398 e. The van der Waals surface area contributed by atoms with Gasteiger partial charge in [0.2, 0.25) is 0 Å². The van der Waals surface area contributed by atoms with E-state index in [1.165, 1.54) is 0 Å². The lowest BCUT2D eigenvalue weighted by Crippen LogP contribution is -2.41. The third kappa shape index (κ3) is 4.47. The molecule has 5 nitrogen and oxygen atoms in total. The van der Waals surface area contributed by atoms with Gasteiger partial charge < -0.3 is 14.0 Å². The first-order valence-electron chi connectivity index (χ1n) is 8.39. The van der Waals surface area contributed by atoms with Crippen LogP contribution in [0.4, 0.5) is 0 Å². The third-order valence-corrected chi connectivity index (χ3v) is 6.38. The smallest absolute Gasteiger partial charge is 0.398 e. The van der Waals surface area contributed by atoms with Crippen LogP contribution in [-0.4, -0.2) is 42.8 Å². The topological polar surface area (TPSA) is 45.5 Å². The van der Waals surface area contributed by atoms with Gasteiger partial charge in [-0.3, -0.25) is 0 Å². The number of ether oxygens (including phenoxy) is 1. The molecule has 0 aromatic carbocycles. The van der Waals surface area contributed by atoms with E-state index < -0.39 is 15.2 Å². The van der Waals surface area contributed by atoms with Crippen LogP contribution < -0.4 is 5.59 Å². The summed E-state index contributed by atoms with van der Waals surface area (Å²) < 4.78 is 19.8. The van der Waals surface area contributed by atoms with Crippen molar-refractivity contribution >= 4 is 20.8 Å². The fourth-order valence-corrected chi connectivity index (χ4v) is 3.08. The first-order chi connectivity index (χ1) is 10.4. The van der Waals surface area contributed by atoms with Crippen LogP contribution in [0.2, 0.25) is 25.7 Å². The average Bonchev–Trinajstić information content (AvgIpc) is 2.82. The predicted molar refractivity (Wildman–Crippen MR) is 96.8 cm³/mol. The third-order valence-electron chi connectivity index (χ3n) is 4.68. The van der Waals surface area contributed by atoms with Gasteiger partial charge in [0.15, 0.2) is 0 Å². The zero-order chi connectivity index (χ0) is 17.5. The van der Waals surface area contributed by atoms with Gasteiger partial charge in [0.05, 0.1) is 16.8 Å². The molecule has 1 aliphatic heterocycles. The lowest BCUT2D eigenvalue weighted by Gasteiger charge is -2.32. The molecule has 0 radical (unpaired) electrons. The van der Waals surface area contributed by atoms with Crippen molar-refractivity contribution in [1.29, 1.82) is 0 Å². The summed E-state index contributed by atoms with van der Waals surface area (Å²) in [6.45, 7) is 18.6. The van der Waals surface area contributed by atoms with Crippen molar-refractivity contribution in [2.75, 3.05) is 6.61 Å². The van der Waals surface area contributed by atoms with Crippen molar-refractivity contribution in [3.63, 3.8) is 0 Å². The average molecular weight is 338 g/mol. The van der Waals surface area contributed by atoms with Gasteiger partial charge in [0.1, 0.15) is 6.73 Å². The van der Waals surface area contributed by atoms with Gasteiger partial charge >= 0.3 is 7.12 Å². The molecule has 0 atom stereocenters. The maximum absolute atomic E-state index is 6.08. The molecule has 1 aromatic rings. The fraction of sp³-hybridized carbons (Fsp3) is 0.812. The Hall–Kier alpha value is -0.628. The lowest BCUT2D eigenvalue weighted by atomic mass is 9.82. The lowest BCUT2D eigenvalue weighted by molar-refractivity contribution is 0.00578. The summed E-state index contributed by atoms with van der Waals surface area (Å²) >= 11 is 0. The van der Waals surface area contributed by atoms with E-state index in [2.05, 4.69) is 52.4 Å². The normalized spacial score (nSPS) is 20.3. The minimum atomic E-state index is -1.05. The van der Waals surface area contributed by atoms with Crippen molar-refractivity contribution in [3.8, 4) is 0 Å². The summed E-state index contributed by atoms with van der Waals surface area (Å²) in [6, 6.07) is 1.16. The Kier molecular flexibility index (Phi) is 5.17. The zero-order valence-electron chi connectivity index (χ0n) is 15.9. The Morgan fingerprint density at radius 2 is 1.74 bits per heavy atom. The highest BCUT2D eigenvalue weighted by Gasteiger charge is 2.53. The second-order valence-corrected chi connectivity index (χ2v) is 14.3. The maximum Gasteiger partial charge on any atom is 0.516 e. The van der Waals surface area contributed by atoms with E-state index in [1.54, 1.807) is 0 Å². The van der Waals surface area contributed by atoms with E-state index in [1.807, 2.05) is 17.8 Å². The largest absolute Gasteiger partial charge is 0.516 e. The van der Waals surface area contributed by atoms with E-state index in [0.29, 0.717) is 6.73 Å². The molecule has 0 unspecified atom stereocenters. The molecule has 1 aliphatic rings. The van der Waals surface area contributed by atoms with Crippen molar-refractivity contribution in [2.24, 2.45) is 0 Å². The number of aromatic nitrogens is 2. The molecule has 0 spiro atoms. The summed E-state index contributed by atoms with van der Waals surface area (Å²) in [5.74, 6) is 0. The Balaban J connectivity index is 1.97. The van der Waals surface area contributed by atoms with E-state index in [4.69, 9.17) is 14.0 Å². The van der Waals surface area contributed by atoms with Gasteiger partial charge in [0, 0.05) is 20.9 Å². The van der Waals surface area contributed by atoms with Gasteiger partial charge in [0.25, 0.3) is 0 Å². The first kappa shape index (κ1) is 18.7. The zero-order valence-corrected chi connectivity index (χ0v) is 16.9. The van der Waals surface area contributed by atoms with Crippen LogP contribution >= 0.6 is 0 Å². The molecule has 7 heteroatoms. The molecule has 2 heterocycles. The van der Waals surface area contributed by atoms with Crippen molar-refractivity contribution in [2.45, 2.75) is 78.2 Å². The molecule has 2 rings (SSSR count). The Morgan fingerprint density at radius 3 is 2.26 bits per heavy atom. The number of aryl methyl sites for hydroxylation is 1. The van der Waals surface area contributed by atoms with Gasteiger partial charge in [-0.2, -0.15) is 5.10 Å². The van der Waals surface area contributed by atoms with E-state index in [9.17, 15) is 0 Å². The van der Waals surface area contributed by atoms with Gasteiger partial charge in [-0.25, -0.2) is 4.68 Å². The standard InChI is InChI=1S/C16H31BN2O3Si/c1-13-11-19(12-20-9-10-23(6,7)8)18-14(13)17-21-15(2,3)16(4,5)22-17/h11H,9-10,12H2,1-8H3. The Labute approximate surface area is 141 Å². The quantitative estimate of drug-likeness (QED) is 0.591. The van der Waals surface area contributed by atoms with Crippen LogP contribution in [0.5, 0.6) is 0 Å². The molecule has 23 heavy (non-hydrogen) atoms. The molecule has 0 bridgehead atoms. The molecule has 130 valence electrons. The van der Waals surface area contributed by atoms with Gasteiger partial charge in [-0.05, 0) is 46.2 Å². The molecule has 1 saturated heterocycles. The van der Waals surface area contributed by atoms with Crippen LogP contribution in [0, 0.1) is 6.92 Å². The van der Waals surface area contributed by atoms with Crippen LogP contribution in [0.3, 0.4) is 0 Å². The Bertz CT molecular complexity index is 536. The number of nitrogens with zero attached hydrogens (tertiary/aromatic N) is 2. The molecule has 1 aromatic heterocycles. The van der Waals surface area contributed by atoms with Gasteiger partial charge in [-0.15, -0.1) is 0 Å². The minimum absolute atomic E-state index is 0.346. The highest BCUT2D eigenvalue weighted by Crippen LogP contribution is 2.36. The molecule has 0 amide bonds. The summed E-state index contributed by atoms with van der Waals surface area (Å²) in [5.41, 5.74) is 1.22. The van der Waals surface area contributed by atoms with Crippen LogP contribution in [0.15, 0.2) is 6.20 Å². The second-order valence-electron chi connectivity index (χ2n) is 8.67. The van der Waals surface area contributed by atoms with E-state index in [0.717, 1.165) is 23.8 Å². The SMILES string of the molecule is Cc1cn(COCC[Si](C)(C)C)nc1B1OC(C)(C)C(C)(C)O1. The molecule has 0 saturated carbocycles. The first-order valence-corrected chi connectivity index (χ1v) is 12.1. The monoisotopic (exact) mass is 338 g/mol. The van der Waals surface area contributed by atoms with Crippen molar-refractivity contribution < 1.29 is 14.0 Å². The van der Waals surface area contributed by atoms with Crippen LogP contribution in [0.1, 0.15) is 33.3 Å². The van der Waals surface area contributed by atoms with Crippen LogP contribution in [0.25, 0.3) is 0 Å². The van der Waals surface area contributed by atoms with E-state index in [-0.39, 0.29) is 11.2 Å². The molecule has 0 N–H and O–H groups in total. The second kappa shape index (κ2) is 6.35. The fourth-order valence-electron chi connectivity index (χ4n) is 2.33. The number of hydrogen-bond acceptors (Lipinski definition) is 4. The molecular formula is C16H31BN2O3Si. The van der Waals surface area contributed by atoms with Crippen LogP contribution in [-0.2, 0) is 20.8 Å². The molecular weight excluding hydrogens is 307 g/mol. The predicted octanol–water partition coefficient (Wildman–Crippen LogP) is 2.80. The van der Waals surface area contributed by atoms with Crippen molar-refractivity contribution in [3.05, 3.63) is 11.8 Å². The molecule has 1 fully saturated rings. The summed E-state index contributed by atoms with van der Waals surface area (Å²) in [6.07, 6.45) is 1.99. The highest BCUT2D eigenvalue weighted by atomic mass is 28.3. The summed E-state index contributed by atoms with van der Waals surface area (Å²) in [7, 11) is -1.46.